The second-order valence-electron chi connectivity index (χ2n) is 2.46. The zero-order valence-electron chi connectivity index (χ0n) is 6.05. The monoisotopic (exact) mass is 165 g/mol. The fraction of sp³-hybridized carbons (Fsp3) is 0.125. The highest BCUT2D eigenvalue weighted by atomic mass is 32.1. The molecule has 0 saturated carbocycles. The molecular formula is C8H7NOS. The normalized spacial score (nSPS) is 10.6. The molecule has 0 radical (unpaired) electrons. The van der Waals surface area contributed by atoms with Crippen molar-refractivity contribution in [2.45, 2.75) is 6.92 Å². The third-order valence-corrected chi connectivity index (χ3v) is 2.53. The van der Waals surface area contributed by atoms with Crippen molar-refractivity contribution in [2.75, 3.05) is 0 Å². The molecule has 3 heteroatoms. The summed E-state index contributed by atoms with van der Waals surface area (Å²) < 4.78 is 0. The van der Waals surface area contributed by atoms with Gasteiger partial charge in [-0.05, 0) is 18.4 Å². The lowest BCUT2D eigenvalue weighted by molar-refractivity contribution is 1.32. The lowest BCUT2D eigenvalue weighted by Crippen LogP contribution is -2.03. The molecular weight excluding hydrogens is 158 g/mol. The fourth-order valence-electron chi connectivity index (χ4n) is 1.05. The molecule has 0 aliphatic heterocycles. The van der Waals surface area contributed by atoms with Gasteiger partial charge in [-0.3, -0.25) is 4.79 Å². The minimum atomic E-state index is 0.139. The highest BCUT2D eigenvalue weighted by Gasteiger charge is 2.00. The number of aryl methyl sites for hydroxylation is 1. The molecule has 0 saturated heterocycles. The summed E-state index contributed by atoms with van der Waals surface area (Å²) >= 11 is 1.55. The van der Waals surface area contributed by atoms with Gasteiger partial charge in [-0.25, -0.2) is 0 Å². The van der Waals surface area contributed by atoms with E-state index in [-0.39, 0.29) is 5.43 Å². The number of fused-ring (bicyclic) bond motifs is 1. The number of aromatic nitrogens is 1. The molecule has 0 amide bonds. The van der Waals surface area contributed by atoms with Crippen molar-refractivity contribution in [3.63, 3.8) is 0 Å². The molecule has 2 aromatic rings. The Morgan fingerprint density at radius 3 is 3.18 bits per heavy atom. The second kappa shape index (κ2) is 2.20. The third kappa shape index (κ3) is 0.886. The van der Waals surface area contributed by atoms with Gasteiger partial charge in [0, 0.05) is 11.8 Å². The highest BCUT2D eigenvalue weighted by molar-refractivity contribution is 7.16. The van der Waals surface area contributed by atoms with Crippen LogP contribution < -0.4 is 5.43 Å². The summed E-state index contributed by atoms with van der Waals surface area (Å²) in [6.45, 7) is 1.82. The standard InChI is InChI=1S/C8H7NOS/c1-5-4-9-8-6(7(5)10)2-3-11-8/h2-4H,1H3,(H,9,10). The Balaban J connectivity index is 3.05. The highest BCUT2D eigenvalue weighted by Crippen LogP contribution is 2.13. The quantitative estimate of drug-likeness (QED) is 0.635. The SMILES string of the molecule is Cc1c[nH]c2sccc2c1=O. The van der Waals surface area contributed by atoms with Crippen molar-refractivity contribution in [1.29, 1.82) is 0 Å². The van der Waals surface area contributed by atoms with E-state index in [9.17, 15) is 4.79 Å². The molecule has 1 N–H and O–H groups in total. The van der Waals surface area contributed by atoms with Crippen molar-refractivity contribution < 1.29 is 0 Å². The van der Waals surface area contributed by atoms with Crippen molar-refractivity contribution in [2.24, 2.45) is 0 Å². The summed E-state index contributed by atoms with van der Waals surface area (Å²) in [7, 11) is 0. The van der Waals surface area contributed by atoms with Crippen molar-refractivity contribution >= 4 is 21.6 Å². The summed E-state index contributed by atoms with van der Waals surface area (Å²) in [4.78, 5) is 15.4. The lowest BCUT2D eigenvalue weighted by Gasteiger charge is -1.90. The van der Waals surface area contributed by atoms with E-state index in [1.165, 1.54) is 0 Å². The van der Waals surface area contributed by atoms with Gasteiger partial charge in [0.05, 0.1) is 5.39 Å². The Bertz CT molecular complexity index is 441. The van der Waals surface area contributed by atoms with Crippen LogP contribution in [0.1, 0.15) is 5.56 Å². The molecule has 0 atom stereocenters. The molecule has 2 rings (SSSR count). The maximum Gasteiger partial charge on any atom is 0.193 e. The number of hydrogen-bond acceptors (Lipinski definition) is 2. The van der Waals surface area contributed by atoms with E-state index in [0.29, 0.717) is 0 Å². The number of pyridine rings is 1. The molecule has 56 valence electrons. The van der Waals surface area contributed by atoms with E-state index in [2.05, 4.69) is 4.98 Å². The van der Waals surface area contributed by atoms with Crippen molar-refractivity contribution in [1.82, 2.24) is 4.98 Å². The molecule has 0 spiro atoms. The topological polar surface area (TPSA) is 32.9 Å². The van der Waals surface area contributed by atoms with Gasteiger partial charge in [0.25, 0.3) is 0 Å². The Morgan fingerprint density at radius 2 is 2.36 bits per heavy atom. The molecule has 0 aliphatic carbocycles. The summed E-state index contributed by atoms with van der Waals surface area (Å²) in [5.41, 5.74) is 0.913. The van der Waals surface area contributed by atoms with Crippen LogP contribution in [0.15, 0.2) is 22.4 Å². The van der Waals surface area contributed by atoms with Gasteiger partial charge in [0.15, 0.2) is 5.43 Å². The summed E-state index contributed by atoms with van der Waals surface area (Å²) in [6.07, 6.45) is 1.75. The van der Waals surface area contributed by atoms with E-state index in [4.69, 9.17) is 0 Å². The van der Waals surface area contributed by atoms with Gasteiger partial charge < -0.3 is 4.98 Å². The van der Waals surface area contributed by atoms with Crippen LogP contribution in [0.2, 0.25) is 0 Å². The number of thiophene rings is 1. The number of hydrogen-bond donors (Lipinski definition) is 1. The largest absolute Gasteiger partial charge is 0.353 e. The van der Waals surface area contributed by atoms with Crippen LogP contribution in [0.5, 0.6) is 0 Å². The molecule has 0 bridgehead atoms. The maximum atomic E-state index is 11.4. The van der Waals surface area contributed by atoms with E-state index in [0.717, 1.165) is 15.8 Å². The summed E-state index contributed by atoms with van der Waals surface area (Å²) in [5.74, 6) is 0. The maximum absolute atomic E-state index is 11.4. The number of nitrogens with one attached hydrogen (secondary N) is 1. The average Bonchev–Trinajstić information content (AvgIpc) is 2.45. The number of H-pyrrole nitrogens is 1. The zero-order chi connectivity index (χ0) is 7.84. The predicted octanol–water partition coefficient (Wildman–Crippen LogP) is 1.90. The van der Waals surface area contributed by atoms with Crippen LogP contribution in [0, 0.1) is 6.92 Å². The van der Waals surface area contributed by atoms with Crippen LogP contribution >= 0.6 is 11.3 Å². The minimum Gasteiger partial charge on any atom is -0.353 e. The van der Waals surface area contributed by atoms with Gasteiger partial charge in [-0.15, -0.1) is 11.3 Å². The van der Waals surface area contributed by atoms with E-state index < -0.39 is 0 Å². The smallest absolute Gasteiger partial charge is 0.193 e. The molecule has 11 heavy (non-hydrogen) atoms. The van der Waals surface area contributed by atoms with Gasteiger partial charge in [0.2, 0.25) is 0 Å². The number of aromatic amines is 1. The molecule has 2 heterocycles. The second-order valence-corrected chi connectivity index (χ2v) is 3.38. The van der Waals surface area contributed by atoms with Crippen LogP contribution in [0.3, 0.4) is 0 Å². The van der Waals surface area contributed by atoms with E-state index >= 15 is 0 Å². The van der Waals surface area contributed by atoms with Crippen LogP contribution in [0.4, 0.5) is 0 Å². The Morgan fingerprint density at radius 1 is 1.55 bits per heavy atom. The van der Waals surface area contributed by atoms with Crippen LogP contribution in [-0.4, -0.2) is 4.98 Å². The predicted molar refractivity (Wildman–Crippen MR) is 47.2 cm³/mol. The van der Waals surface area contributed by atoms with E-state index in [1.807, 2.05) is 18.4 Å². The third-order valence-electron chi connectivity index (χ3n) is 1.69. The van der Waals surface area contributed by atoms with Gasteiger partial charge in [-0.2, -0.15) is 0 Å². The Hall–Kier alpha value is -1.09. The zero-order valence-corrected chi connectivity index (χ0v) is 6.87. The van der Waals surface area contributed by atoms with Crippen molar-refractivity contribution in [3.8, 4) is 0 Å². The van der Waals surface area contributed by atoms with Gasteiger partial charge in [0.1, 0.15) is 4.83 Å². The molecule has 0 fully saturated rings. The van der Waals surface area contributed by atoms with Gasteiger partial charge >= 0.3 is 0 Å². The van der Waals surface area contributed by atoms with Crippen molar-refractivity contribution in [3.05, 3.63) is 33.4 Å². The minimum absolute atomic E-state index is 0.139. The molecule has 0 aromatic carbocycles. The van der Waals surface area contributed by atoms with E-state index in [1.54, 1.807) is 17.5 Å². The van der Waals surface area contributed by atoms with Crippen LogP contribution in [-0.2, 0) is 0 Å². The lowest BCUT2D eigenvalue weighted by atomic mass is 10.2. The van der Waals surface area contributed by atoms with Gasteiger partial charge in [-0.1, -0.05) is 0 Å². The van der Waals surface area contributed by atoms with Crippen LogP contribution in [0.25, 0.3) is 10.2 Å². The average molecular weight is 165 g/mol. The Labute approximate surface area is 67.5 Å². The first kappa shape index (κ1) is 6.61. The first-order chi connectivity index (χ1) is 5.29. The first-order valence-electron chi connectivity index (χ1n) is 3.34. The first-order valence-corrected chi connectivity index (χ1v) is 4.22. The summed E-state index contributed by atoms with van der Waals surface area (Å²) in [5, 5.41) is 2.72. The molecule has 0 unspecified atom stereocenters. The molecule has 2 aromatic heterocycles. The molecule has 0 aliphatic rings. The fourth-order valence-corrected chi connectivity index (χ4v) is 1.81. The number of rotatable bonds is 0. The summed E-state index contributed by atoms with van der Waals surface area (Å²) in [6, 6.07) is 1.85. The Kier molecular flexibility index (Phi) is 1.32. The molecule has 2 nitrogen and oxygen atoms in total.